The molecule has 5 heteroatoms. The van der Waals surface area contributed by atoms with E-state index in [1.807, 2.05) is 36.4 Å². The van der Waals surface area contributed by atoms with E-state index >= 15 is 0 Å². The minimum Gasteiger partial charge on any atom is -0.391 e. The highest BCUT2D eigenvalue weighted by atomic mass is 16.7. The Morgan fingerprint density at radius 1 is 1.17 bits per heavy atom. The molecule has 0 unspecified atom stereocenters. The third kappa shape index (κ3) is 1.86. The summed E-state index contributed by atoms with van der Waals surface area (Å²) < 4.78 is 0. The summed E-state index contributed by atoms with van der Waals surface area (Å²) >= 11 is 0. The summed E-state index contributed by atoms with van der Waals surface area (Å²) in [7, 11) is 0. The first-order valence-electron chi connectivity index (χ1n) is 5.60. The van der Waals surface area contributed by atoms with Gasteiger partial charge in [0.25, 0.3) is 0 Å². The lowest BCUT2D eigenvalue weighted by Gasteiger charge is -2.05. The lowest BCUT2D eigenvalue weighted by atomic mass is 10.2. The molecule has 2 heterocycles. The van der Waals surface area contributed by atoms with Gasteiger partial charge in [0.2, 0.25) is 0 Å². The molecule has 0 aliphatic carbocycles. The van der Waals surface area contributed by atoms with Crippen LogP contribution >= 0.6 is 0 Å². The maximum Gasteiger partial charge on any atom is 0.158 e. The fraction of sp³-hybridized carbons (Fsp3) is 0.0769. The van der Waals surface area contributed by atoms with Crippen LogP contribution in [0.4, 0.5) is 5.82 Å². The number of benzene rings is 1. The van der Waals surface area contributed by atoms with Crippen LogP contribution in [0.2, 0.25) is 0 Å². The third-order valence-corrected chi connectivity index (χ3v) is 2.67. The van der Waals surface area contributed by atoms with Crippen LogP contribution < -0.4 is 10.6 Å². The summed E-state index contributed by atoms with van der Waals surface area (Å²) in [6.07, 6.45) is 3.37. The van der Waals surface area contributed by atoms with Gasteiger partial charge < -0.3 is 10.6 Å². The minimum absolute atomic E-state index is 0.422. The van der Waals surface area contributed by atoms with E-state index in [9.17, 15) is 0 Å². The summed E-state index contributed by atoms with van der Waals surface area (Å²) in [5, 5.41) is 4.93. The molecule has 5 nitrogen and oxygen atoms in total. The SMILES string of the molecule is Nc1nn(OCc2ccccc2)c2ccncc12. The smallest absolute Gasteiger partial charge is 0.158 e. The Morgan fingerprint density at radius 2 is 2.00 bits per heavy atom. The van der Waals surface area contributed by atoms with Gasteiger partial charge in [-0.3, -0.25) is 4.98 Å². The van der Waals surface area contributed by atoms with Crippen molar-refractivity contribution in [3.63, 3.8) is 0 Å². The summed E-state index contributed by atoms with van der Waals surface area (Å²) in [4.78, 5) is 11.1. The Balaban J connectivity index is 1.87. The number of anilines is 1. The van der Waals surface area contributed by atoms with E-state index < -0.39 is 0 Å². The Labute approximate surface area is 104 Å². The normalized spacial score (nSPS) is 10.7. The van der Waals surface area contributed by atoms with Gasteiger partial charge in [-0.1, -0.05) is 35.2 Å². The Kier molecular flexibility index (Phi) is 2.57. The number of nitrogens with two attached hydrogens (primary N) is 1. The predicted molar refractivity (Wildman–Crippen MR) is 68.7 cm³/mol. The van der Waals surface area contributed by atoms with Crippen LogP contribution in [0.15, 0.2) is 48.8 Å². The first kappa shape index (κ1) is 10.6. The maximum atomic E-state index is 5.79. The molecular formula is C13H12N4O. The van der Waals surface area contributed by atoms with Gasteiger partial charge in [0, 0.05) is 12.4 Å². The molecule has 0 fully saturated rings. The highest BCUT2D eigenvalue weighted by molar-refractivity contribution is 5.87. The number of nitrogen functional groups attached to an aromatic ring is 1. The van der Waals surface area contributed by atoms with Gasteiger partial charge in [-0.05, 0) is 11.6 Å². The zero-order valence-electron chi connectivity index (χ0n) is 9.65. The fourth-order valence-electron chi connectivity index (χ4n) is 1.77. The maximum absolute atomic E-state index is 5.79. The number of nitrogens with zero attached hydrogens (tertiary/aromatic N) is 3. The first-order valence-corrected chi connectivity index (χ1v) is 5.60. The van der Waals surface area contributed by atoms with Crippen LogP contribution in [0.1, 0.15) is 5.56 Å². The molecule has 2 aromatic heterocycles. The van der Waals surface area contributed by atoms with Crippen molar-refractivity contribution in [1.29, 1.82) is 0 Å². The van der Waals surface area contributed by atoms with E-state index in [0.717, 1.165) is 16.5 Å². The third-order valence-electron chi connectivity index (χ3n) is 2.67. The molecule has 0 saturated carbocycles. The molecule has 0 aliphatic heterocycles. The predicted octanol–water partition coefficient (Wildman–Crippen LogP) is 1.64. The van der Waals surface area contributed by atoms with Gasteiger partial charge >= 0.3 is 0 Å². The number of pyridine rings is 1. The van der Waals surface area contributed by atoms with Crippen molar-refractivity contribution in [2.45, 2.75) is 6.61 Å². The molecule has 0 saturated heterocycles. The van der Waals surface area contributed by atoms with Crippen LogP contribution in [-0.4, -0.2) is 14.9 Å². The van der Waals surface area contributed by atoms with Crippen molar-refractivity contribution >= 4 is 16.7 Å². The molecule has 0 bridgehead atoms. The average molecular weight is 240 g/mol. The standard InChI is InChI=1S/C13H12N4O/c14-13-11-8-15-7-6-12(11)17(16-13)18-9-10-4-2-1-3-5-10/h1-8H,9H2,(H2,14,16). The summed E-state index contributed by atoms with van der Waals surface area (Å²) in [5.74, 6) is 0.422. The van der Waals surface area contributed by atoms with Gasteiger partial charge in [-0.2, -0.15) is 0 Å². The van der Waals surface area contributed by atoms with Crippen molar-refractivity contribution in [3.05, 3.63) is 54.4 Å². The van der Waals surface area contributed by atoms with E-state index in [0.29, 0.717) is 12.4 Å². The molecule has 3 rings (SSSR count). The molecule has 18 heavy (non-hydrogen) atoms. The molecular weight excluding hydrogens is 228 g/mol. The largest absolute Gasteiger partial charge is 0.391 e. The van der Waals surface area contributed by atoms with Crippen molar-refractivity contribution < 1.29 is 4.84 Å². The lowest BCUT2D eigenvalue weighted by Crippen LogP contribution is -2.12. The number of aromatic nitrogens is 3. The van der Waals surface area contributed by atoms with E-state index in [1.54, 1.807) is 12.4 Å². The van der Waals surface area contributed by atoms with Crippen molar-refractivity contribution in [2.24, 2.45) is 0 Å². The molecule has 3 aromatic rings. The molecule has 0 spiro atoms. The van der Waals surface area contributed by atoms with Crippen molar-refractivity contribution in [3.8, 4) is 0 Å². The van der Waals surface area contributed by atoms with Crippen molar-refractivity contribution in [2.75, 3.05) is 5.73 Å². The summed E-state index contributed by atoms with van der Waals surface area (Å²) in [6, 6.07) is 11.7. The zero-order valence-corrected chi connectivity index (χ0v) is 9.65. The first-order chi connectivity index (χ1) is 8.84. The Morgan fingerprint density at radius 3 is 2.83 bits per heavy atom. The fourth-order valence-corrected chi connectivity index (χ4v) is 1.77. The average Bonchev–Trinajstić information content (AvgIpc) is 2.75. The second-order valence-corrected chi connectivity index (χ2v) is 3.91. The van der Waals surface area contributed by atoms with Gasteiger partial charge in [-0.15, -0.1) is 5.10 Å². The van der Waals surface area contributed by atoms with E-state index in [2.05, 4.69) is 10.1 Å². The van der Waals surface area contributed by atoms with Gasteiger partial charge in [-0.25, -0.2) is 0 Å². The molecule has 90 valence electrons. The lowest BCUT2D eigenvalue weighted by molar-refractivity contribution is 0.0802. The zero-order chi connectivity index (χ0) is 12.4. The molecule has 0 radical (unpaired) electrons. The van der Waals surface area contributed by atoms with E-state index in [-0.39, 0.29) is 0 Å². The van der Waals surface area contributed by atoms with Gasteiger partial charge in [0.15, 0.2) is 5.82 Å². The van der Waals surface area contributed by atoms with Crippen LogP contribution in [0.5, 0.6) is 0 Å². The second kappa shape index (κ2) is 4.37. The quantitative estimate of drug-likeness (QED) is 0.755. The van der Waals surface area contributed by atoms with E-state index in [4.69, 9.17) is 10.6 Å². The number of rotatable bonds is 3. The van der Waals surface area contributed by atoms with Crippen LogP contribution in [0.3, 0.4) is 0 Å². The van der Waals surface area contributed by atoms with Crippen LogP contribution in [0, 0.1) is 0 Å². The topological polar surface area (TPSA) is 66.0 Å². The van der Waals surface area contributed by atoms with Crippen LogP contribution in [-0.2, 0) is 6.61 Å². The molecule has 0 amide bonds. The van der Waals surface area contributed by atoms with Gasteiger partial charge in [0.05, 0.1) is 5.39 Å². The Hall–Kier alpha value is -2.56. The second-order valence-electron chi connectivity index (χ2n) is 3.91. The highest BCUT2D eigenvalue weighted by Crippen LogP contribution is 2.17. The number of fused-ring (bicyclic) bond motifs is 1. The summed E-state index contributed by atoms with van der Waals surface area (Å²) in [6.45, 7) is 0.444. The Bertz CT molecular complexity index is 663. The number of hydrogen-bond acceptors (Lipinski definition) is 4. The van der Waals surface area contributed by atoms with Gasteiger partial charge in [0.1, 0.15) is 12.1 Å². The van der Waals surface area contributed by atoms with Crippen LogP contribution in [0.25, 0.3) is 10.9 Å². The minimum atomic E-state index is 0.422. The van der Waals surface area contributed by atoms with E-state index in [1.165, 1.54) is 4.85 Å². The molecule has 0 aliphatic rings. The summed E-state index contributed by atoms with van der Waals surface area (Å²) in [5.41, 5.74) is 7.69. The molecule has 1 aromatic carbocycles. The highest BCUT2D eigenvalue weighted by Gasteiger charge is 2.08. The molecule has 0 atom stereocenters. The van der Waals surface area contributed by atoms with Crippen molar-refractivity contribution in [1.82, 2.24) is 14.9 Å². The molecule has 2 N–H and O–H groups in total. The monoisotopic (exact) mass is 240 g/mol. The number of hydrogen-bond donors (Lipinski definition) is 1.